The van der Waals surface area contributed by atoms with Crippen molar-refractivity contribution < 1.29 is 0 Å². The zero-order chi connectivity index (χ0) is 10.7. The number of nitrogens with zero attached hydrogens (tertiary/aromatic N) is 4. The maximum Gasteiger partial charge on any atom is 0.202 e. The number of hydrogen-bond donors (Lipinski definition) is 1. The quantitative estimate of drug-likeness (QED) is 0.762. The van der Waals surface area contributed by atoms with Crippen LogP contribution in [-0.2, 0) is 7.05 Å². The lowest BCUT2D eigenvalue weighted by Gasteiger charge is -2.04. The van der Waals surface area contributed by atoms with Crippen LogP contribution in [0.5, 0.6) is 0 Å². The van der Waals surface area contributed by atoms with Crippen molar-refractivity contribution >= 4 is 17.1 Å². The number of anilines is 1. The molecule has 2 atom stereocenters. The van der Waals surface area contributed by atoms with Gasteiger partial charge in [-0.25, -0.2) is 4.98 Å². The third-order valence-electron chi connectivity index (χ3n) is 3.26. The molecule has 1 saturated carbocycles. The zero-order valence-corrected chi connectivity index (χ0v) is 9.23. The molecule has 2 heterocycles. The molecule has 0 saturated heterocycles. The summed E-state index contributed by atoms with van der Waals surface area (Å²) in [5.74, 6) is 1.33. The van der Waals surface area contributed by atoms with E-state index in [4.69, 9.17) is 5.73 Å². The Labute approximate surface area is 87.9 Å². The van der Waals surface area contributed by atoms with Gasteiger partial charge in [-0.05, 0) is 19.3 Å². The number of imidazole rings is 1. The summed E-state index contributed by atoms with van der Waals surface area (Å²) in [5.41, 5.74) is 8.89. The highest BCUT2D eigenvalue weighted by Crippen LogP contribution is 2.45. The van der Waals surface area contributed by atoms with E-state index in [1.807, 2.05) is 18.7 Å². The first kappa shape index (κ1) is 8.76. The van der Waals surface area contributed by atoms with E-state index in [9.17, 15) is 0 Å². The van der Waals surface area contributed by atoms with E-state index in [0.29, 0.717) is 17.9 Å². The molecule has 1 aliphatic carbocycles. The van der Waals surface area contributed by atoms with Crippen molar-refractivity contribution in [2.45, 2.75) is 26.3 Å². The summed E-state index contributed by atoms with van der Waals surface area (Å²) < 4.78 is 4.00. The number of nitrogen functional groups attached to an aromatic ring is 1. The first-order valence-electron chi connectivity index (χ1n) is 5.26. The Morgan fingerprint density at radius 2 is 2.13 bits per heavy atom. The average Bonchev–Trinajstić information content (AvgIpc) is 2.65. The summed E-state index contributed by atoms with van der Waals surface area (Å²) in [7, 11) is 1.94. The van der Waals surface area contributed by atoms with Crippen molar-refractivity contribution in [2.24, 2.45) is 13.0 Å². The molecule has 2 aromatic heterocycles. The molecule has 0 radical (unpaired) electrons. The Kier molecular flexibility index (Phi) is 1.48. The van der Waals surface area contributed by atoms with Gasteiger partial charge in [0.05, 0.1) is 5.69 Å². The van der Waals surface area contributed by atoms with Crippen molar-refractivity contribution in [3.05, 3.63) is 5.69 Å². The fourth-order valence-electron chi connectivity index (χ4n) is 2.30. The Hall–Kier alpha value is -1.52. The van der Waals surface area contributed by atoms with Crippen LogP contribution in [0.15, 0.2) is 0 Å². The van der Waals surface area contributed by atoms with Crippen LogP contribution >= 0.6 is 0 Å². The molecular weight excluding hydrogens is 190 g/mol. The van der Waals surface area contributed by atoms with Crippen molar-refractivity contribution in [1.29, 1.82) is 0 Å². The predicted molar refractivity (Wildman–Crippen MR) is 58.5 cm³/mol. The molecule has 2 N–H and O–H groups in total. The van der Waals surface area contributed by atoms with Gasteiger partial charge in [0, 0.05) is 13.1 Å². The standard InChI is InChI=1S/C10H15N5/c1-5-4-7(5)15-9-8(12-10(15)11)6(2)13-14(9)3/h5,7H,4H2,1-3H3,(H2,11,12). The maximum absolute atomic E-state index is 5.95. The fraction of sp³-hybridized carbons (Fsp3) is 0.600. The molecule has 2 aromatic rings. The van der Waals surface area contributed by atoms with Gasteiger partial charge in [0.1, 0.15) is 5.52 Å². The van der Waals surface area contributed by atoms with Gasteiger partial charge in [0.15, 0.2) is 5.65 Å². The lowest BCUT2D eigenvalue weighted by atomic mass is 10.4. The van der Waals surface area contributed by atoms with E-state index < -0.39 is 0 Å². The third kappa shape index (κ3) is 1.03. The average molecular weight is 205 g/mol. The van der Waals surface area contributed by atoms with E-state index in [2.05, 4.69) is 21.6 Å². The summed E-state index contributed by atoms with van der Waals surface area (Å²) in [5, 5.41) is 4.36. The molecule has 0 aliphatic heterocycles. The molecule has 80 valence electrons. The van der Waals surface area contributed by atoms with E-state index in [1.165, 1.54) is 6.42 Å². The van der Waals surface area contributed by atoms with Gasteiger partial charge in [-0.3, -0.25) is 9.25 Å². The normalized spacial score (nSPS) is 25.0. The highest BCUT2D eigenvalue weighted by atomic mass is 15.4. The molecule has 2 unspecified atom stereocenters. The molecule has 15 heavy (non-hydrogen) atoms. The van der Waals surface area contributed by atoms with Crippen LogP contribution in [0, 0.1) is 12.8 Å². The van der Waals surface area contributed by atoms with E-state index >= 15 is 0 Å². The fourth-order valence-corrected chi connectivity index (χ4v) is 2.30. The lowest BCUT2D eigenvalue weighted by Crippen LogP contribution is -2.05. The SMILES string of the molecule is Cc1nn(C)c2c1nc(N)n2C1CC1C. The summed E-state index contributed by atoms with van der Waals surface area (Å²) in [4.78, 5) is 4.39. The van der Waals surface area contributed by atoms with E-state index in [1.54, 1.807) is 0 Å². The second-order valence-electron chi connectivity index (χ2n) is 4.50. The molecule has 1 fully saturated rings. The zero-order valence-electron chi connectivity index (χ0n) is 9.23. The van der Waals surface area contributed by atoms with Crippen molar-refractivity contribution in [3.8, 4) is 0 Å². The second-order valence-corrected chi connectivity index (χ2v) is 4.50. The summed E-state index contributed by atoms with van der Waals surface area (Å²) in [6.45, 7) is 4.20. The van der Waals surface area contributed by atoms with Gasteiger partial charge < -0.3 is 5.73 Å². The Balaban J connectivity index is 2.31. The molecule has 3 rings (SSSR count). The smallest absolute Gasteiger partial charge is 0.202 e. The second kappa shape index (κ2) is 2.53. The Bertz CT molecular complexity index is 535. The minimum absolute atomic E-state index is 0.518. The first-order valence-corrected chi connectivity index (χ1v) is 5.26. The number of rotatable bonds is 1. The van der Waals surface area contributed by atoms with Gasteiger partial charge >= 0.3 is 0 Å². The lowest BCUT2D eigenvalue weighted by molar-refractivity contribution is 0.671. The van der Waals surface area contributed by atoms with E-state index in [0.717, 1.165) is 16.9 Å². The van der Waals surface area contributed by atoms with Crippen LogP contribution in [0.1, 0.15) is 25.1 Å². The van der Waals surface area contributed by atoms with Crippen LogP contribution in [0.2, 0.25) is 0 Å². The largest absolute Gasteiger partial charge is 0.369 e. The Morgan fingerprint density at radius 3 is 2.73 bits per heavy atom. The predicted octanol–water partition coefficient (Wildman–Crippen LogP) is 1.24. The molecule has 5 nitrogen and oxygen atoms in total. The first-order chi connectivity index (χ1) is 7.09. The summed E-state index contributed by atoms with van der Waals surface area (Å²) in [6.07, 6.45) is 1.19. The van der Waals surface area contributed by atoms with Crippen LogP contribution < -0.4 is 5.73 Å². The molecule has 0 spiro atoms. The van der Waals surface area contributed by atoms with Crippen LogP contribution in [0.3, 0.4) is 0 Å². The number of nitrogens with two attached hydrogens (primary N) is 1. The maximum atomic E-state index is 5.95. The minimum Gasteiger partial charge on any atom is -0.369 e. The molecular formula is C10H15N5. The molecule has 1 aliphatic rings. The molecule has 5 heteroatoms. The van der Waals surface area contributed by atoms with Crippen LogP contribution in [0.4, 0.5) is 5.95 Å². The Morgan fingerprint density at radius 1 is 1.47 bits per heavy atom. The van der Waals surface area contributed by atoms with Gasteiger partial charge in [-0.1, -0.05) is 6.92 Å². The number of aromatic nitrogens is 4. The number of fused-ring (bicyclic) bond motifs is 1. The number of hydrogen-bond acceptors (Lipinski definition) is 3. The van der Waals surface area contributed by atoms with Crippen LogP contribution in [-0.4, -0.2) is 19.3 Å². The van der Waals surface area contributed by atoms with E-state index in [-0.39, 0.29) is 0 Å². The third-order valence-corrected chi connectivity index (χ3v) is 3.26. The monoisotopic (exact) mass is 205 g/mol. The molecule has 0 amide bonds. The molecule has 0 bridgehead atoms. The van der Waals surface area contributed by atoms with Crippen molar-refractivity contribution in [3.63, 3.8) is 0 Å². The van der Waals surface area contributed by atoms with Gasteiger partial charge in [0.2, 0.25) is 5.95 Å². The topological polar surface area (TPSA) is 61.7 Å². The summed E-state index contributed by atoms with van der Waals surface area (Å²) in [6, 6.07) is 0.518. The highest BCUT2D eigenvalue weighted by molar-refractivity contribution is 5.77. The van der Waals surface area contributed by atoms with Crippen molar-refractivity contribution in [2.75, 3.05) is 5.73 Å². The van der Waals surface area contributed by atoms with Gasteiger partial charge in [-0.2, -0.15) is 5.10 Å². The minimum atomic E-state index is 0.518. The number of aryl methyl sites for hydroxylation is 2. The van der Waals surface area contributed by atoms with Crippen LogP contribution in [0.25, 0.3) is 11.2 Å². The van der Waals surface area contributed by atoms with Gasteiger partial charge in [0.25, 0.3) is 0 Å². The van der Waals surface area contributed by atoms with Crippen molar-refractivity contribution in [1.82, 2.24) is 19.3 Å². The van der Waals surface area contributed by atoms with Gasteiger partial charge in [-0.15, -0.1) is 0 Å². The molecule has 0 aromatic carbocycles. The summed E-state index contributed by atoms with van der Waals surface area (Å²) >= 11 is 0. The highest BCUT2D eigenvalue weighted by Gasteiger charge is 2.37.